The summed E-state index contributed by atoms with van der Waals surface area (Å²) in [5, 5.41) is 0. The van der Waals surface area contributed by atoms with Crippen molar-refractivity contribution in [2.24, 2.45) is 0 Å². The average molecular weight is 1060 g/mol. The Hall–Kier alpha value is -2.81. The zero-order valence-electron chi connectivity index (χ0n) is 48.5. The minimum absolute atomic E-state index is 0.0329. The van der Waals surface area contributed by atoms with Crippen molar-refractivity contribution in [1.82, 2.24) is 0 Å². The Kier molecular flexibility index (Phi) is 52.9. The van der Waals surface area contributed by atoms with E-state index in [-0.39, 0.29) is 32.0 Å². The molecule has 0 amide bonds. The Morgan fingerprint density at radius 2 is 0.770 bits per heavy atom. The normalized spacial score (nSPS) is 13.9. The maximum Gasteiger partial charge on any atom is 0.306 e. The number of esters is 2. The summed E-state index contributed by atoms with van der Waals surface area (Å²) in [6.45, 7) is 4.14. The number of carbonyl (C=O) groups is 2. The first kappa shape index (κ1) is 71.2. The summed E-state index contributed by atoms with van der Waals surface area (Å²) in [6.07, 6.45) is 73.4. The quantitative estimate of drug-likeness (QED) is 0.0195. The number of phosphoric acid groups is 1. The van der Waals surface area contributed by atoms with E-state index in [2.05, 4.69) is 98.9 Å². The average Bonchev–Trinajstić information content (AvgIpc) is 3.36. The highest BCUT2D eigenvalue weighted by Crippen LogP contribution is 2.38. The molecule has 0 spiro atoms. The van der Waals surface area contributed by atoms with Gasteiger partial charge in [-0.15, -0.1) is 0 Å². The van der Waals surface area contributed by atoms with Gasteiger partial charge >= 0.3 is 11.9 Å². The van der Waals surface area contributed by atoms with Crippen LogP contribution in [-0.2, 0) is 32.7 Å². The number of likely N-dealkylation sites (N-methyl/N-ethyl adjacent to an activating group) is 1. The van der Waals surface area contributed by atoms with E-state index in [4.69, 9.17) is 18.5 Å². The molecule has 0 radical (unpaired) electrons. The molecule has 2 unspecified atom stereocenters. The monoisotopic (exact) mass is 1060 g/mol. The highest BCUT2D eigenvalue weighted by atomic mass is 31.2. The number of hydrogen-bond donors (Lipinski definition) is 0. The highest BCUT2D eigenvalue weighted by molar-refractivity contribution is 7.45. The molecular weight excluding hydrogens is 942 g/mol. The van der Waals surface area contributed by atoms with E-state index in [1.54, 1.807) is 0 Å². The molecule has 9 nitrogen and oxygen atoms in total. The predicted octanol–water partition coefficient (Wildman–Crippen LogP) is 18.4. The molecule has 0 aliphatic rings. The van der Waals surface area contributed by atoms with E-state index in [9.17, 15) is 19.0 Å². The van der Waals surface area contributed by atoms with E-state index in [0.717, 1.165) is 89.9 Å². The SMILES string of the molecule is CC/C=C\C/C=C\C/C=C\C/C=C\C/C=C\C/C=C\C/C=C\CCCCCCCCCCCCCC(=O)OC(COC(=O)CCCCCCCCCCCCCCCCCCC)COP(=O)([O-])OCC[N+](C)(C)C. The Bertz CT molecular complexity index is 1520. The van der Waals surface area contributed by atoms with Crippen LogP contribution in [0.2, 0.25) is 0 Å². The summed E-state index contributed by atoms with van der Waals surface area (Å²) in [5.74, 6) is -0.831. The van der Waals surface area contributed by atoms with Crippen LogP contribution >= 0.6 is 7.82 Å². The molecule has 0 bridgehead atoms. The summed E-state index contributed by atoms with van der Waals surface area (Å²) in [5.41, 5.74) is 0. The highest BCUT2D eigenvalue weighted by Gasteiger charge is 2.22. The molecule has 0 fully saturated rings. The van der Waals surface area contributed by atoms with Gasteiger partial charge in [0.2, 0.25) is 0 Å². The lowest BCUT2D eigenvalue weighted by Crippen LogP contribution is -2.37. The van der Waals surface area contributed by atoms with Crippen molar-refractivity contribution in [3.63, 3.8) is 0 Å². The van der Waals surface area contributed by atoms with Crippen LogP contribution in [0, 0.1) is 0 Å². The molecule has 0 N–H and O–H groups in total. The van der Waals surface area contributed by atoms with Crippen molar-refractivity contribution in [1.29, 1.82) is 0 Å². The standard InChI is InChI=1S/C64H114NO8P/c1-6-8-10-12-14-16-18-20-22-24-25-26-27-28-29-30-31-32-33-34-35-36-37-38-39-41-43-45-47-49-51-53-55-57-64(67)73-62(61-72-74(68,69)71-59-58-65(3,4)5)60-70-63(66)56-54-52-50-48-46-44-42-40-23-21-19-17-15-13-11-9-7-2/h8,10,14,16,20,22,25-26,28-29,31-32,34-35,62H,6-7,9,11-13,15,17-19,21,23-24,27,30,33,36-61H2,1-5H3/b10-8-,16-14-,22-20-,26-25-,29-28-,32-31-,35-34-. The van der Waals surface area contributed by atoms with Crippen LogP contribution in [0.15, 0.2) is 85.1 Å². The zero-order valence-corrected chi connectivity index (χ0v) is 49.4. The van der Waals surface area contributed by atoms with Crippen LogP contribution in [0.5, 0.6) is 0 Å². The van der Waals surface area contributed by atoms with Crippen molar-refractivity contribution in [3.05, 3.63) is 85.1 Å². The zero-order chi connectivity index (χ0) is 54.2. The molecule has 0 heterocycles. The number of ether oxygens (including phenoxy) is 2. The number of allylic oxidation sites excluding steroid dienone is 14. The maximum atomic E-state index is 12.8. The molecule has 0 aliphatic carbocycles. The number of phosphoric ester groups is 1. The molecule has 0 aliphatic heterocycles. The third-order valence-corrected chi connectivity index (χ3v) is 13.9. The van der Waals surface area contributed by atoms with E-state index in [1.807, 2.05) is 21.1 Å². The van der Waals surface area contributed by atoms with Crippen LogP contribution in [0.3, 0.4) is 0 Å². The number of nitrogens with zero attached hydrogens (tertiary/aromatic N) is 1. The summed E-state index contributed by atoms with van der Waals surface area (Å²) in [4.78, 5) is 37.9. The van der Waals surface area contributed by atoms with Gasteiger partial charge in [-0.05, 0) is 70.6 Å². The summed E-state index contributed by atoms with van der Waals surface area (Å²) >= 11 is 0. The number of quaternary nitrogens is 1. The van der Waals surface area contributed by atoms with Crippen molar-refractivity contribution in [3.8, 4) is 0 Å². The minimum atomic E-state index is -4.64. The molecule has 2 atom stereocenters. The van der Waals surface area contributed by atoms with Gasteiger partial charge in [-0.25, -0.2) is 0 Å². The molecular formula is C64H114NO8P. The van der Waals surface area contributed by atoms with Crippen LogP contribution in [0.4, 0.5) is 0 Å². The van der Waals surface area contributed by atoms with Gasteiger partial charge in [0.15, 0.2) is 6.10 Å². The Morgan fingerprint density at radius 1 is 0.432 bits per heavy atom. The van der Waals surface area contributed by atoms with Crippen LogP contribution in [0.1, 0.15) is 258 Å². The lowest BCUT2D eigenvalue weighted by atomic mass is 10.0. The second-order valence-corrected chi connectivity index (χ2v) is 22.8. The van der Waals surface area contributed by atoms with Crippen LogP contribution in [-0.4, -0.2) is 70.0 Å². The molecule has 0 rings (SSSR count). The molecule has 0 aromatic heterocycles. The fourth-order valence-corrected chi connectivity index (χ4v) is 9.01. The molecule has 0 aromatic carbocycles. The summed E-state index contributed by atoms with van der Waals surface area (Å²) in [7, 11) is 1.16. The Labute approximate surface area is 456 Å². The van der Waals surface area contributed by atoms with Gasteiger partial charge in [0.25, 0.3) is 7.82 Å². The lowest BCUT2D eigenvalue weighted by Gasteiger charge is -2.28. The van der Waals surface area contributed by atoms with E-state index in [0.29, 0.717) is 17.4 Å². The van der Waals surface area contributed by atoms with Gasteiger partial charge in [-0.1, -0.05) is 259 Å². The third-order valence-electron chi connectivity index (χ3n) is 12.9. The predicted molar refractivity (Wildman–Crippen MR) is 314 cm³/mol. The van der Waals surface area contributed by atoms with E-state index >= 15 is 0 Å². The Morgan fingerprint density at radius 3 is 1.15 bits per heavy atom. The molecule has 428 valence electrons. The molecule has 10 heteroatoms. The van der Waals surface area contributed by atoms with Crippen LogP contribution in [0.25, 0.3) is 0 Å². The first-order chi connectivity index (χ1) is 36.0. The fraction of sp³-hybridized carbons (Fsp3) is 0.750. The van der Waals surface area contributed by atoms with Crippen molar-refractivity contribution in [2.75, 3.05) is 47.5 Å². The second-order valence-electron chi connectivity index (χ2n) is 21.3. The van der Waals surface area contributed by atoms with Gasteiger partial charge in [-0.3, -0.25) is 14.2 Å². The van der Waals surface area contributed by atoms with Gasteiger partial charge in [0, 0.05) is 12.8 Å². The largest absolute Gasteiger partial charge is 0.756 e. The molecule has 0 saturated carbocycles. The molecule has 0 aromatic rings. The number of hydrogen-bond acceptors (Lipinski definition) is 8. The van der Waals surface area contributed by atoms with E-state index < -0.39 is 26.5 Å². The van der Waals surface area contributed by atoms with Gasteiger partial charge in [-0.2, -0.15) is 0 Å². The topological polar surface area (TPSA) is 111 Å². The van der Waals surface area contributed by atoms with Crippen molar-refractivity contribution >= 4 is 19.8 Å². The lowest BCUT2D eigenvalue weighted by molar-refractivity contribution is -0.870. The van der Waals surface area contributed by atoms with Gasteiger partial charge in [0.1, 0.15) is 19.8 Å². The first-order valence-corrected chi connectivity index (χ1v) is 31.8. The van der Waals surface area contributed by atoms with Crippen molar-refractivity contribution in [2.45, 2.75) is 264 Å². The fourth-order valence-electron chi connectivity index (χ4n) is 8.28. The summed E-state index contributed by atoms with van der Waals surface area (Å²) in [6, 6.07) is 0. The van der Waals surface area contributed by atoms with Gasteiger partial charge in [0.05, 0.1) is 27.7 Å². The molecule has 0 saturated heterocycles. The van der Waals surface area contributed by atoms with E-state index in [1.165, 1.54) is 135 Å². The van der Waals surface area contributed by atoms with Crippen molar-refractivity contribution < 1.29 is 42.1 Å². The number of rotatable bonds is 55. The number of unbranched alkanes of at least 4 members (excludes halogenated alkanes) is 27. The smallest absolute Gasteiger partial charge is 0.306 e. The third kappa shape index (κ3) is 58.5. The number of carbonyl (C=O) groups excluding carboxylic acids is 2. The Balaban J connectivity index is 4.12. The summed E-state index contributed by atoms with van der Waals surface area (Å²) < 4.78 is 34.2. The van der Waals surface area contributed by atoms with Crippen LogP contribution < -0.4 is 4.89 Å². The molecule has 74 heavy (non-hydrogen) atoms. The first-order valence-electron chi connectivity index (χ1n) is 30.3. The minimum Gasteiger partial charge on any atom is -0.756 e. The van der Waals surface area contributed by atoms with Gasteiger partial charge < -0.3 is 27.9 Å². The maximum absolute atomic E-state index is 12.8. The second kappa shape index (κ2) is 55.0.